The highest BCUT2D eigenvalue weighted by molar-refractivity contribution is 14.0. The third-order valence-corrected chi connectivity index (χ3v) is 5.82. The van der Waals surface area contributed by atoms with E-state index in [1.54, 1.807) is 7.11 Å². The zero-order chi connectivity index (χ0) is 19.6. The van der Waals surface area contributed by atoms with Crippen LogP contribution in [0.25, 0.3) is 0 Å². The lowest BCUT2D eigenvalue weighted by Gasteiger charge is -2.21. The third-order valence-electron chi connectivity index (χ3n) is 5.82. The molecule has 1 aromatic carbocycles. The minimum atomic E-state index is 0. The number of rotatable bonds is 9. The molecule has 0 radical (unpaired) electrons. The number of methoxy groups -OCH3 is 1. The monoisotopic (exact) mass is 516 g/mol. The molecule has 7 heteroatoms. The van der Waals surface area contributed by atoms with Gasteiger partial charge >= 0.3 is 0 Å². The van der Waals surface area contributed by atoms with E-state index in [0.717, 1.165) is 36.3 Å². The van der Waals surface area contributed by atoms with Crippen LogP contribution in [0.4, 0.5) is 0 Å². The molecule has 6 nitrogen and oxygen atoms in total. The van der Waals surface area contributed by atoms with Gasteiger partial charge in [0, 0.05) is 44.8 Å². The number of hydrogen-bond donors (Lipinski definition) is 2. The van der Waals surface area contributed by atoms with Crippen LogP contribution in [0, 0.1) is 5.92 Å². The predicted octanol–water partition coefficient (Wildman–Crippen LogP) is 3.26. The zero-order valence-electron chi connectivity index (χ0n) is 17.9. The number of ether oxygens (including phenoxy) is 2. The van der Waals surface area contributed by atoms with E-state index in [1.165, 1.54) is 45.2 Å². The molecule has 0 bridgehead atoms. The van der Waals surface area contributed by atoms with E-state index in [0.29, 0.717) is 19.3 Å². The van der Waals surface area contributed by atoms with Crippen molar-refractivity contribution in [3.05, 3.63) is 29.8 Å². The molecule has 29 heavy (non-hydrogen) atoms. The molecule has 1 atom stereocenters. The molecule has 0 amide bonds. The molecule has 1 unspecified atom stereocenters. The van der Waals surface area contributed by atoms with Crippen LogP contribution in [0.2, 0.25) is 0 Å². The second-order valence-electron chi connectivity index (χ2n) is 7.90. The number of guanidine groups is 1. The van der Waals surface area contributed by atoms with Crippen molar-refractivity contribution in [2.45, 2.75) is 44.8 Å². The first-order valence-electron chi connectivity index (χ1n) is 10.7. The lowest BCUT2D eigenvalue weighted by Crippen LogP contribution is -2.45. The Kier molecular flexibility index (Phi) is 11.1. The summed E-state index contributed by atoms with van der Waals surface area (Å²) < 4.78 is 11.1. The normalized spacial score (nSPS) is 20.5. The van der Waals surface area contributed by atoms with Crippen LogP contribution in [-0.2, 0) is 11.3 Å². The molecule has 1 saturated carbocycles. The van der Waals surface area contributed by atoms with Crippen LogP contribution in [0.5, 0.6) is 5.75 Å². The molecule has 164 valence electrons. The Labute approximate surface area is 192 Å². The topological polar surface area (TPSA) is 58.1 Å². The highest BCUT2D eigenvalue weighted by atomic mass is 127. The highest BCUT2D eigenvalue weighted by Crippen LogP contribution is 2.26. The number of benzene rings is 1. The van der Waals surface area contributed by atoms with Crippen LogP contribution < -0.4 is 15.4 Å². The number of nitrogens with zero attached hydrogens (tertiary/aromatic N) is 2. The molecule has 1 aliphatic heterocycles. The van der Waals surface area contributed by atoms with E-state index < -0.39 is 0 Å². The van der Waals surface area contributed by atoms with Gasteiger partial charge in [-0.05, 0) is 31.2 Å². The lowest BCUT2D eigenvalue weighted by atomic mass is 10.1. The lowest BCUT2D eigenvalue weighted by molar-refractivity contribution is 0.123. The van der Waals surface area contributed by atoms with Crippen molar-refractivity contribution in [3.63, 3.8) is 0 Å². The Morgan fingerprint density at radius 3 is 2.76 bits per heavy atom. The zero-order valence-corrected chi connectivity index (χ0v) is 20.2. The van der Waals surface area contributed by atoms with Gasteiger partial charge in [-0.1, -0.05) is 31.0 Å². The molecular formula is C22H37IN4O2. The molecule has 2 aliphatic rings. The molecule has 1 heterocycles. The molecule has 1 saturated heterocycles. The Morgan fingerprint density at radius 2 is 2.00 bits per heavy atom. The van der Waals surface area contributed by atoms with E-state index >= 15 is 0 Å². The van der Waals surface area contributed by atoms with Crippen LogP contribution in [0.1, 0.15) is 37.7 Å². The van der Waals surface area contributed by atoms with Crippen molar-refractivity contribution >= 4 is 29.9 Å². The standard InChI is InChI=1S/C22H36N4O2.HI/c1-23-22(24-12-14-28-17-19-9-5-6-10-21(19)27-2)25-20-11-13-26(16-20)15-18-7-3-4-8-18;/h5-6,9-10,18,20H,3-4,7-8,11-17H2,1-2H3,(H2,23,24,25);1H. The summed E-state index contributed by atoms with van der Waals surface area (Å²) in [4.78, 5) is 6.99. The summed E-state index contributed by atoms with van der Waals surface area (Å²) in [7, 11) is 3.52. The summed E-state index contributed by atoms with van der Waals surface area (Å²) in [5.41, 5.74) is 1.07. The van der Waals surface area contributed by atoms with Gasteiger partial charge in [-0.2, -0.15) is 0 Å². The Bertz CT molecular complexity index is 623. The van der Waals surface area contributed by atoms with Gasteiger partial charge in [-0.15, -0.1) is 24.0 Å². The number of halogens is 1. The van der Waals surface area contributed by atoms with E-state index in [-0.39, 0.29) is 24.0 Å². The van der Waals surface area contributed by atoms with Gasteiger partial charge in [0.1, 0.15) is 5.75 Å². The predicted molar refractivity (Wildman–Crippen MR) is 129 cm³/mol. The first-order chi connectivity index (χ1) is 13.8. The SMILES string of the molecule is CN=C(NCCOCc1ccccc1OC)NC1CCN(CC2CCCC2)C1.I. The average molecular weight is 516 g/mol. The van der Waals surface area contributed by atoms with E-state index in [4.69, 9.17) is 9.47 Å². The summed E-state index contributed by atoms with van der Waals surface area (Å²) in [5.74, 6) is 2.67. The second-order valence-corrected chi connectivity index (χ2v) is 7.90. The van der Waals surface area contributed by atoms with Crippen LogP contribution in [-0.4, -0.2) is 63.8 Å². The van der Waals surface area contributed by atoms with Crippen LogP contribution in [0.3, 0.4) is 0 Å². The number of aliphatic imine (C=N–C) groups is 1. The van der Waals surface area contributed by atoms with E-state index in [1.807, 2.05) is 31.3 Å². The van der Waals surface area contributed by atoms with Crippen molar-refractivity contribution in [2.24, 2.45) is 10.9 Å². The fraction of sp³-hybridized carbons (Fsp3) is 0.682. The maximum atomic E-state index is 5.78. The fourth-order valence-electron chi connectivity index (χ4n) is 4.31. The van der Waals surface area contributed by atoms with Gasteiger partial charge in [0.25, 0.3) is 0 Å². The smallest absolute Gasteiger partial charge is 0.191 e. The van der Waals surface area contributed by atoms with Gasteiger partial charge in [-0.3, -0.25) is 4.99 Å². The number of para-hydroxylation sites is 1. The molecule has 1 aliphatic carbocycles. The summed E-state index contributed by atoms with van der Waals surface area (Å²) >= 11 is 0. The van der Waals surface area contributed by atoms with Crippen molar-refractivity contribution in [2.75, 3.05) is 46.9 Å². The van der Waals surface area contributed by atoms with Gasteiger partial charge in [0.2, 0.25) is 0 Å². The molecule has 3 rings (SSSR count). The van der Waals surface area contributed by atoms with Crippen molar-refractivity contribution < 1.29 is 9.47 Å². The van der Waals surface area contributed by atoms with Gasteiger partial charge in [0.15, 0.2) is 5.96 Å². The summed E-state index contributed by atoms with van der Waals surface area (Å²) in [6.45, 7) is 5.51. The molecular weight excluding hydrogens is 479 g/mol. The minimum absolute atomic E-state index is 0. The van der Waals surface area contributed by atoms with Crippen molar-refractivity contribution in [1.82, 2.24) is 15.5 Å². The molecule has 1 aromatic rings. The first-order valence-corrected chi connectivity index (χ1v) is 10.7. The molecule has 0 spiro atoms. The third kappa shape index (κ3) is 7.94. The molecule has 2 fully saturated rings. The van der Waals surface area contributed by atoms with Crippen molar-refractivity contribution in [3.8, 4) is 5.75 Å². The summed E-state index contributed by atoms with van der Waals surface area (Å²) in [6.07, 6.45) is 6.89. The summed E-state index contributed by atoms with van der Waals surface area (Å²) in [5, 5.41) is 6.93. The number of hydrogen-bond acceptors (Lipinski definition) is 4. The summed E-state index contributed by atoms with van der Waals surface area (Å²) in [6, 6.07) is 8.45. The number of nitrogens with one attached hydrogen (secondary N) is 2. The second kappa shape index (κ2) is 13.3. The fourth-order valence-corrected chi connectivity index (χ4v) is 4.31. The average Bonchev–Trinajstić information content (AvgIpc) is 3.39. The largest absolute Gasteiger partial charge is 0.496 e. The molecule has 2 N–H and O–H groups in total. The number of likely N-dealkylation sites (tertiary alicyclic amines) is 1. The van der Waals surface area contributed by atoms with Gasteiger partial charge in [0.05, 0.1) is 20.3 Å². The van der Waals surface area contributed by atoms with Crippen LogP contribution in [0.15, 0.2) is 29.3 Å². The first kappa shape index (κ1) is 24.2. The van der Waals surface area contributed by atoms with E-state index in [2.05, 4.69) is 20.5 Å². The quantitative estimate of drug-likeness (QED) is 0.229. The Hall–Kier alpha value is -1.06. The highest BCUT2D eigenvalue weighted by Gasteiger charge is 2.26. The minimum Gasteiger partial charge on any atom is -0.496 e. The maximum absolute atomic E-state index is 5.78. The van der Waals surface area contributed by atoms with E-state index in [9.17, 15) is 0 Å². The van der Waals surface area contributed by atoms with Gasteiger partial charge in [-0.25, -0.2) is 0 Å². The Morgan fingerprint density at radius 1 is 1.21 bits per heavy atom. The van der Waals surface area contributed by atoms with Crippen molar-refractivity contribution in [1.29, 1.82) is 0 Å². The Balaban J connectivity index is 0.00000300. The maximum Gasteiger partial charge on any atom is 0.191 e. The molecule has 0 aromatic heterocycles. The van der Waals surface area contributed by atoms with Crippen LogP contribution >= 0.6 is 24.0 Å². The van der Waals surface area contributed by atoms with Gasteiger partial charge < -0.3 is 25.0 Å².